The van der Waals surface area contributed by atoms with Gasteiger partial charge in [-0.2, -0.15) is 0 Å². The molecule has 0 atom stereocenters. The van der Waals surface area contributed by atoms with Gasteiger partial charge < -0.3 is 10.2 Å². The zero-order valence-corrected chi connectivity index (χ0v) is 10.8. The largest absolute Gasteiger partial charge is 0.372 e. The minimum absolute atomic E-state index is 0.401. The number of nitrogens with zero attached hydrogens (tertiary/aromatic N) is 1. The second-order valence-electron chi connectivity index (χ2n) is 4.03. The van der Waals surface area contributed by atoms with E-state index in [1.807, 2.05) is 24.3 Å². The lowest BCUT2D eigenvalue weighted by Crippen LogP contribution is -2.19. The Kier molecular flexibility index (Phi) is 4.13. The van der Waals surface area contributed by atoms with Gasteiger partial charge in [-0.1, -0.05) is 23.2 Å². The van der Waals surface area contributed by atoms with Crippen molar-refractivity contribution in [2.24, 2.45) is 0 Å². The number of amides is 1. The Morgan fingerprint density at radius 1 is 1.18 bits per heavy atom. The molecular weight excluding hydrogens is 259 g/mol. The first-order valence-corrected chi connectivity index (χ1v) is 6.48. The molecule has 3 nitrogen and oxygen atoms in total. The molecular formula is C12H14Cl2N2O. The molecule has 0 spiro atoms. The van der Waals surface area contributed by atoms with Crippen LogP contribution in [0.15, 0.2) is 24.3 Å². The van der Waals surface area contributed by atoms with Crippen LogP contribution in [0.5, 0.6) is 0 Å². The highest BCUT2D eigenvalue weighted by atomic mass is 35.5. The average Bonchev–Trinajstić information content (AvgIpc) is 2.83. The zero-order chi connectivity index (χ0) is 12.3. The third-order valence-corrected chi connectivity index (χ3v) is 3.20. The van der Waals surface area contributed by atoms with Gasteiger partial charge in [-0.3, -0.25) is 4.79 Å². The van der Waals surface area contributed by atoms with E-state index in [0.717, 1.165) is 13.1 Å². The van der Waals surface area contributed by atoms with Gasteiger partial charge in [0.15, 0.2) is 4.84 Å². The highest BCUT2D eigenvalue weighted by molar-refractivity contribution is 6.54. The molecule has 1 saturated heterocycles. The summed E-state index contributed by atoms with van der Waals surface area (Å²) in [4.78, 5) is 12.6. The van der Waals surface area contributed by atoms with E-state index in [1.54, 1.807) is 0 Å². The molecule has 0 aliphatic carbocycles. The van der Waals surface area contributed by atoms with Crippen molar-refractivity contribution in [1.82, 2.24) is 0 Å². The maximum absolute atomic E-state index is 11.3. The van der Waals surface area contributed by atoms with Gasteiger partial charge in [0.05, 0.1) is 0 Å². The number of alkyl halides is 2. The van der Waals surface area contributed by atoms with Gasteiger partial charge in [0, 0.05) is 24.5 Å². The molecule has 0 aromatic heterocycles. The topological polar surface area (TPSA) is 32.3 Å². The molecule has 17 heavy (non-hydrogen) atoms. The number of carbonyl (C=O) groups excluding carboxylic acids is 1. The summed E-state index contributed by atoms with van der Waals surface area (Å²) in [5, 5.41) is 2.64. The Hall–Kier alpha value is -0.930. The Morgan fingerprint density at radius 2 is 1.76 bits per heavy atom. The van der Waals surface area contributed by atoms with Crippen LogP contribution in [0.3, 0.4) is 0 Å². The number of benzene rings is 1. The first-order valence-electron chi connectivity index (χ1n) is 5.61. The molecule has 2 rings (SSSR count). The summed E-state index contributed by atoms with van der Waals surface area (Å²) in [7, 11) is 0. The summed E-state index contributed by atoms with van der Waals surface area (Å²) in [6, 6.07) is 7.72. The fourth-order valence-corrected chi connectivity index (χ4v) is 2.04. The molecule has 0 bridgehead atoms. The Labute approximate surface area is 111 Å². The molecule has 1 aromatic rings. The highest BCUT2D eigenvalue weighted by Crippen LogP contribution is 2.22. The van der Waals surface area contributed by atoms with Gasteiger partial charge in [-0.15, -0.1) is 0 Å². The molecule has 1 aliphatic heterocycles. The van der Waals surface area contributed by atoms with Crippen LogP contribution in [0.1, 0.15) is 12.8 Å². The number of rotatable bonds is 3. The van der Waals surface area contributed by atoms with Crippen LogP contribution in [0, 0.1) is 0 Å². The van der Waals surface area contributed by atoms with Gasteiger partial charge in [-0.05, 0) is 37.1 Å². The average molecular weight is 273 g/mol. The van der Waals surface area contributed by atoms with Crippen LogP contribution in [0.25, 0.3) is 0 Å². The summed E-state index contributed by atoms with van der Waals surface area (Å²) in [6.45, 7) is 2.22. The molecule has 1 heterocycles. The molecule has 1 aliphatic rings. The van der Waals surface area contributed by atoms with Crippen molar-refractivity contribution < 1.29 is 4.79 Å². The van der Waals surface area contributed by atoms with Gasteiger partial charge in [0.2, 0.25) is 0 Å². The Balaban J connectivity index is 2.00. The standard InChI is InChI=1S/C12H14Cl2N2O/c13-11(14)12(17)15-9-3-5-10(6-4-9)16-7-1-2-8-16/h3-6,11H,1-2,7-8H2,(H,15,17). The van der Waals surface area contributed by atoms with Crippen LogP contribution < -0.4 is 10.2 Å². The van der Waals surface area contributed by atoms with Crippen molar-refractivity contribution in [3.63, 3.8) is 0 Å². The van der Waals surface area contributed by atoms with E-state index in [9.17, 15) is 4.79 Å². The van der Waals surface area contributed by atoms with E-state index in [4.69, 9.17) is 23.2 Å². The lowest BCUT2D eigenvalue weighted by Gasteiger charge is -2.17. The number of anilines is 2. The molecule has 0 radical (unpaired) electrons. The van der Waals surface area contributed by atoms with E-state index in [0.29, 0.717) is 5.69 Å². The molecule has 5 heteroatoms. The van der Waals surface area contributed by atoms with Crippen molar-refractivity contribution in [1.29, 1.82) is 0 Å². The summed E-state index contributed by atoms with van der Waals surface area (Å²) in [5.74, 6) is -0.401. The van der Waals surface area contributed by atoms with Crippen molar-refractivity contribution in [3.05, 3.63) is 24.3 Å². The summed E-state index contributed by atoms with van der Waals surface area (Å²) in [5.41, 5.74) is 1.90. The molecule has 0 saturated carbocycles. The number of carbonyl (C=O) groups is 1. The van der Waals surface area contributed by atoms with Crippen LogP contribution in [0.4, 0.5) is 11.4 Å². The SMILES string of the molecule is O=C(Nc1ccc(N2CCCC2)cc1)C(Cl)Cl. The van der Waals surface area contributed by atoms with Crippen molar-refractivity contribution >= 4 is 40.5 Å². The molecule has 0 unspecified atom stereocenters. The third-order valence-electron chi connectivity index (χ3n) is 2.80. The van der Waals surface area contributed by atoms with Gasteiger partial charge in [-0.25, -0.2) is 0 Å². The first kappa shape index (κ1) is 12.5. The number of hydrogen-bond donors (Lipinski definition) is 1. The fraction of sp³-hybridized carbons (Fsp3) is 0.417. The van der Waals surface area contributed by atoms with Gasteiger partial charge >= 0.3 is 0 Å². The second kappa shape index (κ2) is 5.61. The van der Waals surface area contributed by atoms with Crippen LogP contribution in [-0.4, -0.2) is 23.8 Å². The minimum Gasteiger partial charge on any atom is -0.372 e. The summed E-state index contributed by atoms with van der Waals surface area (Å²) < 4.78 is 0. The monoisotopic (exact) mass is 272 g/mol. The highest BCUT2D eigenvalue weighted by Gasteiger charge is 2.13. The number of nitrogens with one attached hydrogen (secondary N) is 1. The maximum atomic E-state index is 11.3. The van der Waals surface area contributed by atoms with Crippen LogP contribution >= 0.6 is 23.2 Å². The van der Waals surface area contributed by atoms with E-state index < -0.39 is 10.7 Å². The maximum Gasteiger partial charge on any atom is 0.257 e. The van der Waals surface area contributed by atoms with E-state index in [1.165, 1.54) is 18.5 Å². The normalized spacial score (nSPS) is 15.4. The first-order chi connectivity index (χ1) is 8.16. The second-order valence-corrected chi connectivity index (χ2v) is 5.13. The third kappa shape index (κ3) is 3.27. The van der Waals surface area contributed by atoms with E-state index >= 15 is 0 Å². The molecule has 1 amide bonds. The van der Waals surface area contributed by atoms with Gasteiger partial charge in [0.1, 0.15) is 0 Å². The van der Waals surface area contributed by atoms with Crippen molar-refractivity contribution in [2.45, 2.75) is 17.7 Å². The lowest BCUT2D eigenvalue weighted by atomic mass is 10.2. The molecule has 1 aromatic carbocycles. The van der Waals surface area contributed by atoms with Crippen molar-refractivity contribution in [2.75, 3.05) is 23.3 Å². The van der Waals surface area contributed by atoms with E-state index in [-0.39, 0.29) is 0 Å². The predicted octanol–water partition coefficient (Wildman–Crippen LogP) is 3.03. The molecule has 1 N–H and O–H groups in total. The smallest absolute Gasteiger partial charge is 0.257 e. The van der Waals surface area contributed by atoms with Crippen LogP contribution in [0.2, 0.25) is 0 Å². The zero-order valence-electron chi connectivity index (χ0n) is 9.33. The Morgan fingerprint density at radius 3 is 2.29 bits per heavy atom. The number of halogens is 2. The summed E-state index contributed by atoms with van der Waals surface area (Å²) >= 11 is 10.9. The van der Waals surface area contributed by atoms with Crippen LogP contribution in [-0.2, 0) is 4.79 Å². The van der Waals surface area contributed by atoms with Gasteiger partial charge in [0.25, 0.3) is 5.91 Å². The van der Waals surface area contributed by atoms with Crippen molar-refractivity contribution in [3.8, 4) is 0 Å². The lowest BCUT2D eigenvalue weighted by molar-refractivity contribution is -0.114. The molecule has 1 fully saturated rings. The quantitative estimate of drug-likeness (QED) is 0.858. The minimum atomic E-state index is -1.03. The predicted molar refractivity (Wildman–Crippen MR) is 72.0 cm³/mol. The fourth-order valence-electron chi connectivity index (χ4n) is 1.93. The van der Waals surface area contributed by atoms with E-state index in [2.05, 4.69) is 10.2 Å². The summed E-state index contributed by atoms with van der Waals surface area (Å²) in [6.07, 6.45) is 2.50. The number of hydrogen-bond acceptors (Lipinski definition) is 2. The molecule has 92 valence electrons. The Bertz CT molecular complexity index is 386.